The van der Waals surface area contributed by atoms with Crippen molar-refractivity contribution < 1.29 is 4.79 Å². The summed E-state index contributed by atoms with van der Waals surface area (Å²) < 4.78 is 1.93. The first-order chi connectivity index (χ1) is 12.9. The standard InChI is InChI=1S/C22H21N3OS/c1-13-6-5-7-18(10-13)25-22-19(16(4)24-25)12-20(27-22)21(26)23-17-9-8-14(2)15(3)11-17/h5-12H,1-4H3,(H,23,26). The highest BCUT2D eigenvalue weighted by molar-refractivity contribution is 7.20. The van der Waals surface area contributed by atoms with Crippen molar-refractivity contribution in [3.63, 3.8) is 0 Å². The fourth-order valence-corrected chi connectivity index (χ4v) is 4.18. The molecular weight excluding hydrogens is 354 g/mol. The predicted molar refractivity (Wildman–Crippen MR) is 112 cm³/mol. The highest BCUT2D eigenvalue weighted by Crippen LogP contribution is 2.31. The molecule has 0 fully saturated rings. The number of aryl methyl sites for hydroxylation is 4. The Bertz CT molecular complexity index is 1170. The van der Waals surface area contributed by atoms with Gasteiger partial charge in [0.25, 0.3) is 5.91 Å². The second-order valence-electron chi connectivity index (χ2n) is 6.92. The van der Waals surface area contributed by atoms with E-state index in [-0.39, 0.29) is 5.91 Å². The first-order valence-electron chi connectivity index (χ1n) is 8.87. The Morgan fingerprint density at radius 2 is 1.81 bits per heavy atom. The molecule has 1 N–H and O–H groups in total. The van der Waals surface area contributed by atoms with Gasteiger partial charge in [0, 0.05) is 11.1 Å². The third kappa shape index (κ3) is 3.26. The minimum absolute atomic E-state index is 0.0883. The van der Waals surface area contributed by atoms with Crippen LogP contribution in [0.3, 0.4) is 0 Å². The lowest BCUT2D eigenvalue weighted by Crippen LogP contribution is -2.10. The third-order valence-corrected chi connectivity index (χ3v) is 5.89. The van der Waals surface area contributed by atoms with Crippen molar-refractivity contribution >= 4 is 33.1 Å². The van der Waals surface area contributed by atoms with E-state index in [1.54, 1.807) is 0 Å². The summed E-state index contributed by atoms with van der Waals surface area (Å²) in [5, 5.41) is 8.69. The lowest BCUT2D eigenvalue weighted by molar-refractivity contribution is 0.103. The van der Waals surface area contributed by atoms with Crippen molar-refractivity contribution in [2.24, 2.45) is 0 Å². The normalized spacial score (nSPS) is 11.1. The van der Waals surface area contributed by atoms with Crippen LogP contribution < -0.4 is 5.32 Å². The van der Waals surface area contributed by atoms with E-state index in [4.69, 9.17) is 0 Å². The van der Waals surface area contributed by atoms with Crippen LogP contribution in [0.2, 0.25) is 0 Å². The topological polar surface area (TPSA) is 46.9 Å². The maximum atomic E-state index is 12.8. The van der Waals surface area contributed by atoms with Gasteiger partial charge in [-0.2, -0.15) is 5.10 Å². The molecule has 0 saturated carbocycles. The van der Waals surface area contributed by atoms with E-state index < -0.39 is 0 Å². The molecule has 4 rings (SSSR count). The van der Waals surface area contributed by atoms with Gasteiger partial charge in [-0.3, -0.25) is 4.79 Å². The van der Waals surface area contributed by atoms with Gasteiger partial charge in [0.05, 0.1) is 16.3 Å². The fraction of sp³-hybridized carbons (Fsp3) is 0.182. The van der Waals surface area contributed by atoms with Crippen LogP contribution in [0, 0.1) is 27.7 Å². The van der Waals surface area contributed by atoms with Crippen molar-refractivity contribution in [3.05, 3.63) is 75.8 Å². The van der Waals surface area contributed by atoms with E-state index >= 15 is 0 Å². The number of rotatable bonds is 3. The number of hydrogen-bond donors (Lipinski definition) is 1. The summed E-state index contributed by atoms with van der Waals surface area (Å²) in [5.41, 5.74) is 6.30. The van der Waals surface area contributed by atoms with Gasteiger partial charge < -0.3 is 5.32 Å². The van der Waals surface area contributed by atoms with E-state index in [0.717, 1.165) is 32.8 Å². The molecule has 0 aliphatic heterocycles. The lowest BCUT2D eigenvalue weighted by atomic mass is 10.1. The molecule has 1 amide bonds. The molecule has 0 radical (unpaired) electrons. The number of thiophene rings is 1. The highest BCUT2D eigenvalue weighted by Gasteiger charge is 2.17. The van der Waals surface area contributed by atoms with Gasteiger partial charge in [-0.05, 0) is 74.7 Å². The average Bonchev–Trinajstić information content (AvgIpc) is 3.19. The number of carbonyl (C=O) groups excluding carboxylic acids is 1. The molecule has 27 heavy (non-hydrogen) atoms. The number of fused-ring (bicyclic) bond motifs is 1. The molecule has 0 atom stereocenters. The first-order valence-corrected chi connectivity index (χ1v) is 9.69. The van der Waals surface area contributed by atoms with Crippen molar-refractivity contribution in [3.8, 4) is 5.69 Å². The maximum absolute atomic E-state index is 12.8. The molecular formula is C22H21N3OS. The number of benzene rings is 2. The largest absolute Gasteiger partial charge is 0.321 e. The summed E-state index contributed by atoms with van der Waals surface area (Å²) in [5.74, 6) is -0.0883. The Hall–Kier alpha value is -2.92. The predicted octanol–water partition coefficient (Wildman–Crippen LogP) is 5.57. The Labute approximate surface area is 162 Å². The van der Waals surface area contributed by atoms with Crippen LogP contribution in [0.25, 0.3) is 15.9 Å². The quantitative estimate of drug-likeness (QED) is 0.509. The molecule has 0 unspecified atom stereocenters. The van der Waals surface area contributed by atoms with E-state index in [1.165, 1.54) is 22.5 Å². The molecule has 4 nitrogen and oxygen atoms in total. The molecule has 2 heterocycles. The van der Waals surface area contributed by atoms with E-state index in [9.17, 15) is 4.79 Å². The molecule has 2 aromatic heterocycles. The molecule has 4 aromatic rings. The SMILES string of the molecule is Cc1cccc(-n2nc(C)c3cc(C(=O)Nc4ccc(C)c(C)c4)sc32)c1. The summed E-state index contributed by atoms with van der Waals surface area (Å²) in [4.78, 5) is 14.4. The van der Waals surface area contributed by atoms with Crippen LogP contribution in [0.5, 0.6) is 0 Å². The van der Waals surface area contributed by atoms with Gasteiger partial charge in [-0.25, -0.2) is 4.68 Å². The average molecular weight is 375 g/mol. The Morgan fingerprint density at radius 3 is 2.56 bits per heavy atom. The zero-order valence-corrected chi connectivity index (χ0v) is 16.6. The lowest BCUT2D eigenvalue weighted by Gasteiger charge is -2.06. The summed E-state index contributed by atoms with van der Waals surface area (Å²) >= 11 is 1.47. The number of anilines is 1. The zero-order chi connectivity index (χ0) is 19.1. The van der Waals surface area contributed by atoms with Gasteiger partial charge in [0.1, 0.15) is 4.83 Å². The second-order valence-corrected chi connectivity index (χ2v) is 7.95. The Balaban J connectivity index is 1.70. The fourth-order valence-electron chi connectivity index (χ4n) is 3.11. The summed E-state index contributed by atoms with van der Waals surface area (Å²) in [6, 6.07) is 16.1. The number of nitrogens with zero attached hydrogens (tertiary/aromatic N) is 2. The minimum atomic E-state index is -0.0883. The molecule has 2 aromatic carbocycles. The number of carbonyl (C=O) groups is 1. The van der Waals surface area contributed by atoms with Gasteiger partial charge >= 0.3 is 0 Å². The molecule has 0 saturated heterocycles. The number of amides is 1. The van der Waals surface area contributed by atoms with Crippen molar-refractivity contribution in [1.29, 1.82) is 0 Å². The van der Waals surface area contributed by atoms with Crippen LogP contribution in [-0.4, -0.2) is 15.7 Å². The van der Waals surface area contributed by atoms with E-state index in [2.05, 4.69) is 36.4 Å². The summed E-state index contributed by atoms with van der Waals surface area (Å²) in [6.07, 6.45) is 0. The minimum Gasteiger partial charge on any atom is -0.321 e. The van der Waals surface area contributed by atoms with Crippen LogP contribution in [0.4, 0.5) is 5.69 Å². The maximum Gasteiger partial charge on any atom is 0.265 e. The van der Waals surface area contributed by atoms with Gasteiger partial charge in [0.2, 0.25) is 0 Å². The summed E-state index contributed by atoms with van der Waals surface area (Å²) in [7, 11) is 0. The Morgan fingerprint density at radius 1 is 1.00 bits per heavy atom. The zero-order valence-electron chi connectivity index (χ0n) is 15.8. The smallest absolute Gasteiger partial charge is 0.265 e. The monoisotopic (exact) mass is 375 g/mol. The van der Waals surface area contributed by atoms with Crippen molar-refractivity contribution in [2.75, 3.05) is 5.32 Å². The van der Waals surface area contributed by atoms with Gasteiger partial charge in [-0.1, -0.05) is 18.2 Å². The molecule has 0 aliphatic carbocycles. The first kappa shape index (κ1) is 17.5. The van der Waals surface area contributed by atoms with Gasteiger partial charge in [0.15, 0.2) is 0 Å². The highest BCUT2D eigenvalue weighted by atomic mass is 32.1. The molecule has 136 valence electrons. The number of hydrogen-bond acceptors (Lipinski definition) is 3. The number of nitrogens with one attached hydrogen (secondary N) is 1. The molecule has 0 spiro atoms. The number of aromatic nitrogens is 2. The Kier molecular flexibility index (Phi) is 4.32. The summed E-state index contributed by atoms with van der Waals surface area (Å²) in [6.45, 7) is 8.15. The van der Waals surface area contributed by atoms with E-state index in [1.807, 2.05) is 54.9 Å². The molecule has 0 aliphatic rings. The van der Waals surface area contributed by atoms with Crippen molar-refractivity contribution in [2.45, 2.75) is 27.7 Å². The molecule has 0 bridgehead atoms. The van der Waals surface area contributed by atoms with Crippen LogP contribution in [-0.2, 0) is 0 Å². The van der Waals surface area contributed by atoms with Crippen LogP contribution in [0.15, 0.2) is 48.5 Å². The molecule has 5 heteroatoms. The van der Waals surface area contributed by atoms with Crippen LogP contribution >= 0.6 is 11.3 Å². The van der Waals surface area contributed by atoms with Crippen molar-refractivity contribution in [1.82, 2.24) is 9.78 Å². The van der Waals surface area contributed by atoms with E-state index in [0.29, 0.717) is 4.88 Å². The second kappa shape index (κ2) is 6.67. The third-order valence-electron chi connectivity index (χ3n) is 4.78. The van der Waals surface area contributed by atoms with Gasteiger partial charge in [-0.15, -0.1) is 11.3 Å². The van der Waals surface area contributed by atoms with Crippen LogP contribution in [0.1, 0.15) is 32.1 Å².